The number of ether oxygens (including phenoxy) is 1. The molecule has 3 rings (SSSR count). The Kier molecular flexibility index (Phi) is 5.27. The molecule has 4 nitrogen and oxygen atoms in total. The normalized spacial score (nSPS) is 10.8. The fourth-order valence-electron chi connectivity index (χ4n) is 2.37. The van der Waals surface area contributed by atoms with Gasteiger partial charge in [-0.3, -0.25) is 9.36 Å². The number of aryl methyl sites for hydroxylation is 1. The molecule has 0 unspecified atom stereocenters. The van der Waals surface area contributed by atoms with Crippen molar-refractivity contribution >= 4 is 33.5 Å². The van der Waals surface area contributed by atoms with E-state index in [9.17, 15) is 4.79 Å². The van der Waals surface area contributed by atoms with Crippen molar-refractivity contribution in [3.05, 3.63) is 68.8 Å². The predicted octanol–water partition coefficient (Wildman–Crippen LogP) is 3.86. The second-order valence-corrected chi connectivity index (χ2v) is 6.52. The lowest BCUT2D eigenvalue weighted by atomic mass is 10.2. The molecule has 0 N–H and O–H groups in total. The molecule has 0 aliphatic rings. The Morgan fingerprint density at radius 2 is 1.83 bits per heavy atom. The summed E-state index contributed by atoms with van der Waals surface area (Å²) >= 11 is 2.27. The summed E-state index contributed by atoms with van der Waals surface area (Å²) in [6.07, 6.45) is 3.40. The van der Waals surface area contributed by atoms with Crippen molar-refractivity contribution in [3.8, 4) is 5.75 Å². The van der Waals surface area contributed by atoms with E-state index >= 15 is 0 Å². The molecular formula is C18H17IN2O2. The second kappa shape index (κ2) is 7.59. The minimum Gasteiger partial charge on any atom is -0.494 e. The molecule has 1 heterocycles. The van der Waals surface area contributed by atoms with Gasteiger partial charge >= 0.3 is 0 Å². The number of benzene rings is 2. The van der Waals surface area contributed by atoms with Crippen LogP contribution in [0.4, 0.5) is 0 Å². The van der Waals surface area contributed by atoms with E-state index in [0.717, 1.165) is 24.1 Å². The molecule has 0 fully saturated rings. The largest absolute Gasteiger partial charge is 0.494 e. The molecule has 3 aromatic rings. The molecule has 0 atom stereocenters. The number of para-hydroxylation sites is 1. The zero-order valence-electron chi connectivity index (χ0n) is 12.6. The average molecular weight is 420 g/mol. The lowest BCUT2D eigenvalue weighted by Crippen LogP contribution is -2.20. The zero-order chi connectivity index (χ0) is 16.1. The third-order valence-corrected chi connectivity index (χ3v) is 4.33. The lowest BCUT2D eigenvalue weighted by Gasteiger charge is -2.08. The maximum Gasteiger partial charge on any atom is 0.261 e. The SMILES string of the molecule is O=c1c2ccccc2ncn1CCCCOc1ccc(I)cc1. The minimum absolute atomic E-state index is 0.0224. The monoisotopic (exact) mass is 420 g/mol. The van der Waals surface area contributed by atoms with Gasteiger partial charge in [-0.05, 0) is 71.8 Å². The first-order valence-corrected chi connectivity index (χ1v) is 8.64. The Morgan fingerprint density at radius 1 is 1.04 bits per heavy atom. The highest BCUT2D eigenvalue weighted by Crippen LogP contribution is 2.13. The van der Waals surface area contributed by atoms with E-state index in [1.807, 2.05) is 48.5 Å². The molecule has 0 saturated heterocycles. The van der Waals surface area contributed by atoms with Crippen LogP contribution in [0, 0.1) is 3.57 Å². The molecular weight excluding hydrogens is 403 g/mol. The van der Waals surface area contributed by atoms with Crippen molar-refractivity contribution in [1.82, 2.24) is 9.55 Å². The van der Waals surface area contributed by atoms with Crippen LogP contribution in [-0.4, -0.2) is 16.2 Å². The van der Waals surface area contributed by atoms with E-state index in [4.69, 9.17) is 4.74 Å². The van der Waals surface area contributed by atoms with Gasteiger partial charge in [0.25, 0.3) is 5.56 Å². The molecule has 0 aliphatic carbocycles. The van der Waals surface area contributed by atoms with E-state index in [1.54, 1.807) is 10.9 Å². The molecule has 2 aromatic carbocycles. The van der Waals surface area contributed by atoms with Crippen LogP contribution in [0.1, 0.15) is 12.8 Å². The smallest absolute Gasteiger partial charge is 0.261 e. The quantitative estimate of drug-likeness (QED) is 0.450. The van der Waals surface area contributed by atoms with Gasteiger partial charge < -0.3 is 4.74 Å². The first-order chi connectivity index (χ1) is 11.2. The van der Waals surface area contributed by atoms with Gasteiger partial charge in [-0.15, -0.1) is 0 Å². The lowest BCUT2D eigenvalue weighted by molar-refractivity contribution is 0.302. The number of halogens is 1. The van der Waals surface area contributed by atoms with Crippen molar-refractivity contribution in [3.63, 3.8) is 0 Å². The van der Waals surface area contributed by atoms with Crippen LogP contribution in [0.5, 0.6) is 5.75 Å². The first kappa shape index (κ1) is 16.0. The number of aromatic nitrogens is 2. The van der Waals surface area contributed by atoms with Crippen molar-refractivity contribution in [2.45, 2.75) is 19.4 Å². The summed E-state index contributed by atoms with van der Waals surface area (Å²) in [6.45, 7) is 1.31. The number of hydrogen-bond acceptors (Lipinski definition) is 3. The summed E-state index contributed by atoms with van der Waals surface area (Å²) in [5, 5.41) is 0.671. The molecule has 1 aromatic heterocycles. The van der Waals surface area contributed by atoms with Gasteiger partial charge in [0.15, 0.2) is 0 Å². The van der Waals surface area contributed by atoms with E-state index in [-0.39, 0.29) is 5.56 Å². The third kappa shape index (κ3) is 4.10. The summed E-state index contributed by atoms with van der Waals surface area (Å²) in [7, 11) is 0. The molecule has 0 saturated carbocycles. The second-order valence-electron chi connectivity index (χ2n) is 5.27. The molecule has 0 radical (unpaired) electrons. The highest BCUT2D eigenvalue weighted by atomic mass is 127. The van der Waals surface area contributed by atoms with Gasteiger partial charge in [-0.2, -0.15) is 0 Å². The summed E-state index contributed by atoms with van der Waals surface area (Å²) < 4.78 is 8.56. The number of nitrogens with zero attached hydrogens (tertiary/aromatic N) is 2. The van der Waals surface area contributed by atoms with Crippen molar-refractivity contribution in [1.29, 1.82) is 0 Å². The number of unbranched alkanes of at least 4 members (excludes halogenated alkanes) is 1. The Bertz CT molecular complexity index is 844. The molecule has 0 spiro atoms. The highest BCUT2D eigenvalue weighted by molar-refractivity contribution is 14.1. The molecule has 0 bridgehead atoms. The van der Waals surface area contributed by atoms with Crippen LogP contribution in [0.25, 0.3) is 10.9 Å². The summed E-state index contributed by atoms with van der Waals surface area (Å²) in [6, 6.07) is 15.4. The fourth-order valence-corrected chi connectivity index (χ4v) is 2.73. The Balaban J connectivity index is 1.52. The minimum atomic E-state index is 0.0224. The first-order valence-electron chi connectivity index (χ1n) is 7.56. The van der Waals surface area contributed by atoms with E-state index in [1.165, 1.54) is 3.57 Å². The molecule has 0 amide bonds. The van der Waals surface area contributed by atoms with Gasteiger partial charge in [0.1, 0.15) is 5.75 Å². The molecule has 118 valence electrons. The Morgan fingerprint density at radius 3 is 2.65 bits per heavy atom. The number of fused-ring (bicyclic) bond motifs is 1. The maximum atomic E-state index is 12.3. The van der Waals surface area contributed by atoms with Crippen LogP contribution in [0.2, 0.25) is 0 Å². The number of rotatable bonds is 6. The van der Waals surface area contributed by atoms with Crippen molar-refractivity contribution in [2.24, 2.45) is 0 Å². The predicted molar refractivity (Wildman–Crippen MR) is 99.9 cm³/mol. The van der Waals surface area contributed by atoms with Crippen molar-refractivity contribution < 1.29 is 4.74 Å². The molecule has 5 heteroatoms. The van der Waals surface area contributed by atoms with Crippen LogP contribution >= 0.6 is 22.6 Å². The van der Waals surface area contributed by atoms with Crippen LogP contribution < -0.4 is 10.3 Å². The van der Waals surface area contributed by atoms with Gasteiger partial charge in [0.2, 0.25) is 0 Å². The Labute approximate surface area is 148 Å². The van der Waals surface area contributed by atoms with Gasteiger partial charge in [-0.25, -0.2) is 4.98 Å². The summed E-state index contributed by atoms with van der Waals surface area (Å²) in [5.41, 5.74) is 0.768. The maximum absolute atomic E-state index is 12.3. The van der Waals surface area contributed by atoms with E-state index in [2.05, 4.69) is 27.6 Å². The summed E-state index contributed by atoms with van der Waals surface area (Å²) in [5.74, 6) is 0.884. The van der Waals surface area contributed by atoms with Gasteiger partial charge in [-0.1, -0.05) is 12.1 Å². The Hall–Kier alpha value is -1.89. The molecule has 0 aliphatic heterocycles. The summed E-state index contributed by atoms with van der Waals surface area (Å²) in [4.78, 5) is 16.7. The standard InChI is InChI=1S/C18H17IN2O2/c19-14-7-9-15(10-8-14)23-12-4-3-11-21-13-20-17-6-2-1-5-16(17)18(21)22/h1-2,5-10,13H,3-4,11-12H2. The van der Waals surface area contributed by atoms with E-state index in [0.29, 0.717) is 18.5 Å². The van der Waals surface area contributed by atoms with Gasteiger partial charge in [0.05, 0.1) is 23.8 Å². The van der Waals surface area contributed by atoms with Crippen LogP contribution in [-0.2, 0) is 6.54 Å². The highest BCUT2D eigenvalue weighted by Gasteiger charge is 2.03. The van der Waals surface area contributed by atoms with Crippen molar-refractivity contribution in [2.75, 3.05) is 6.61 Å². The third-order valence-electron chi connectivity index (χ3n) is 3.61. The molecule has 23 heavy (non-hydrogen) atoms. The zero-order valence-corrected chi connectivity index (χ0v) is 14.8. The van der Waals surface area contributed by atoms with E-state index < -0.39 is 0 Å². The fraction of sp³-hybridized carbons (Fsp3) is 0.222. The van der Waals surface area contributed by atoms with Crippen LogP contribution in [0.15, 0.2) is 59.7 Å². The average Bonchev–Trinajstić information content (AvgIpc) is 2.58. The number of hydrogen-bond donors (Lipinski definition) is 0. The topological polar surface area (TPSA) is 44.1 Å². The van der Waals surface area contributed by atoms with Gasteiger partial charge in [0, 0.05) is 10.1 Å². The van der Waals surface area contributed by atoms with Crippen LogP contribution in [0.3, 0.4) is 0 Å².